The maximum absolute atomic E-state index is 9.01. The monoisotopic (exact) mass is 236 g/mol. The Morgan fingerprint density at radius 3 is 2.13 bits per heavy atom. The predicted octanol–water partition coefficient (Wildman–Crippen LogP) is 1.85. The fourth-order valence-corrected chi connectivity index (χ4v) is 2.42. The van der Waals surface area contributed by atoms with Gasteiger partial charge in [-0.2, -0.15) is 10.5 Å². The largest absolute Gasteiger partial charge is 0.383 e. The molecule has 0 amide bonds. The van der Waals surface area contributed by atoms with Gasteiger partial charge in [-0.25, -0.2) is 4.98 Å². The number of hydrogen-bond acceptors (Lipinski definition) is 6. The molecule has 0 atom stereocenters. The Balaban J connectivity index is 3.63. The molecular formula is C9H8N4S2. The van der Waals surface area contributed by atoms with Crippen LogP contribution in [0.2, 0.25) is 0 Å². The Morgan fingerprint density at radius 2 is 1.73 bits per heavy atom. The minimum absolute atomic E-state index is 0.185. The van der Waals surface area contributed by atoms with Crippen LogP contribution in [0.25, 0.3) is 0 Å². The van der Waals surface area contributed by atoms with Gasteiger partial charge in [-0.05, 0) is 12.5 Å². The summed E-state index contributed by atoms with van der Waals surface area (Å²) in [5.41, 5.74) is 6.36. The average molecular weight is 236 g/mol. The summed E-state index contributed by atoms with van der Waals surface area (Å²) in [6.45, 7) is 0. The first kappa shape index (κ1) is 11.7. The highest BCUT2D eigenvalue weighted by atomic mass is 32.2. The number of nitriles is 2. The molecule has 0 saturated carbocycles. The lowest BCUT2D eigenvalue weighted by molar-refractivity contribution is 1.07. The number of pyridine rings is 1. The summed E-state index contributed by atoms with van der Waals surface area (Å²) in [4.78, 5) is 4.63. The van der Waals surface area contributed by atoms with Crippen molar-refractivity contribution in [2.45, 2.75) is 9.92 Å². The predicted molar refractivity (Wildman–Crippen MR) is 61.6 cm³/mol. The Hall–Kier alpha value is -1.37. The Morgan fingerprint density at radius 1 is 1.13 bits per heavy atom. The summed E-state index contributed by atoms with van der Waals surface area (Å²) in [5, 5.41) is 18.5. The van der Waals surface area contributed by atoms with Gasteiger partial charge in [-0.15, -0.1) is 23.5 Å². The number of thioether (sulfide) groups is 2. The fourth-order valence-electron chi connectivity index (χ4n) is 1.12. The second-order valence-corrected chi connectivity index (χ2v) is 4.12. The van der Waals surface area contributed by atoms with Gasteiger partial charge >= 0.3 is 0 Å². The average Bonchev–Trinajstić information content (AvgIpc) is 2.27. The third kappa shape index (κ3) is 2.01. The van der Waals surface area contributed by atoms with Gasteiger partial charge in [0.15, 0.2) is 0 Å². The molecule has 1 aromatic heterocycles. The van der Waals surface area contributed by atoms with Crippen LogP contribution in [0.4, 0.5) is 5.82 Å². The standard InChI is InChI=1S/C9H8N4S2/c1-14-7-5(3-10)8(12)13-9(15-2)6(7)4-11/h1-2H3,(H2,12,13). The van der Waals surface area contributed by atoms with Gasteiger partial charge < -0.3 is 5.73 Å². The maximum Gasteiger partial charge on any atom is 0.143 e. The van der Waals surface area contributed by atoms with Crippen LogP contribution in [0, 0.1) is 22.7 Å². The highest BCUT2D eigenvalue weighted by Crippen LogP contribution is 2.32. The van der Waals surface area contributed by atoms with Crippen LogP contribution in [0.3, 0.4) is 0 Å². The van der Waals surface area contributed by atoms with E-state index in [0.717, 1.165) is 0 Å². The lowest BCUT2D eigenvalue weighted by Crippen LogP contribution is -2.01. The number of nitrogens with two attached hydrogens (primary N) is 1. The van der Waals surface area contributed by atoms with Crippen LogP contribution in [-0.2, 0) is 0 Å². The van der Waals surface area contributed by atoms with Crippen molar-refractivity contribution in [1.29, 1.82) is 10.5 Å². The molecule has 0 radical (unpaired) electrons. The lowest BCUT2D eigenvalue weighted by Gasteiger charge is -2.08. The molecule has 15 heavy (non-hydrogen) atoms. The number of nitrogen functional groups attached to an aromatic ring is 1. The van der Waals surface area contributed by atoms with E-state index in [1.54, 1.807) is 6.26 Å². The molecule has 0 unspecified atom stereocenters. The van der Waals surface area contributed by atoms with Crippen LogP contribution < -0.4 is 5.73 Å². The molecule has 0 aromatic carbocycles. The highest BCUT2D eigenvalue weighted by Gasteiger charge is 2.17. The highest BCUT2D eigenvalue weighted by molar-refractivity contribution is 7.99. The number of aromatic nitrogens is 1. The number of nitrogens with zero attached hydrogens (tertiary/aromatic N) is 3. The van der Waals surface area contributed by atoms with Gasteiger partial charge in [0.05, 0.1) is 5.56 Å². The zero-order valence-electron chi connectivity index (χ0n) is 8.24. The van der Waals surface area contributed by atoms with Gasteiger partial charge in [-0.3, -0.25) is 0 Å². The van der Waals surface area contributed by atoms with E-state index in [2.05, 4.69) is 11.1 Å². The second-order valence-electron chi connectivity index (χ2n) is 2.51. The molecule has 0 saturated heterocycles. The quantitative estimate of drug-likeness (QED) is 0.788. The molecule has 1 heterocycles. The number of rotatable bonds is 2. The third-order valence-corrected chi connectivity index (χ3v) is 3.27. The molecule has 0 aliphatic carbocycles. The molecule has 1 aromatic rings. The number of hydrogen-bond donors (Lipinski definition) is 1. The number of anilines is 1. The summed E-state index contributed by atoms with van der Waals surface area (Å²) in [7, 11) is 0. The van der Waals surface area contributed by atoms with Crippen molar-refractivity contribution in [3.8, 4) is 12.1 Å². The molecule has 4 nitrogen and oxygen atoms in total. The van der Waals surface area contributed by atoms with Crippen LogP contribution >= 0.6 is 23.5 Å². The van der Waals surface area contributed by atoms with Gasteiger partial charge in [-0.1, -0.05) is 0 Å². The van der Waals surface area contributed by atoms with E-state index in [4.69, 9.17) is 16.3 Å². The van der Waals surface area contributed by atoms with Crippen molar-refractivity contribution in [3.63, 3.8) is 0 Å². The van der Waals surface area contributed by atoms with Gasteiger partial charge in [0.25, 0.3) is 0 Å². The zero-order chi connectivity index (χ0) is 11.4. The smallest absolute Gasteiger partial charge is 0.143 e. The van der Waals surface area contributed by atoms with E-state index in [1.165, 1.54) is 23.5 Å². The van der Waals surface area contributed by atoms with E-state index < -0.39 is 0 Å². The fraction of sp³-hybridized carbons (Fsp3) is 0.222. The summed E-state index contributed by atoms with van der Waals surface area (Å²) in [6, 6.07) is 4.03. The Bertz CT molecular complexity index is 470. The van der Waals surface area contributed by atoms with Gasteiger partial charge in [0.1, 0.15) is 28.5 Å². The molecule has 0 bridgehead atoms. The maximum atomic E-state index is 9.01. The Labute approximate surface area is 96.5 Å². The molecule has 2 N–H and O–H groups in total. The first-order valence-corrected chi connectivity index (χ1v) is 6.36. The summed E-state index contributed by atoms with van der Waals surface area (Å²) >= 11 is 2.68. The zero-order valence-corrected chi connectivity index (χ0v) is 9.87. The van der Waals surface area contributed by atoms with E-state index in [0.29, 0.717) is 15.5 Å². The topological polar surface area (TPSA) is 86.5 Å². The van der Waals surface area contributed by atoms with E-state index in [-0.39, 0.29) is 11.4 Å². The first-order chi connectivity index (χ1) is 7.19. The van der Waals surface area contributed by atoms with E-state index >= 15 is 0 Å². The molecule has 6 heteroatoms. The van der Waals surface area contributed by atoms with Crippen molar-refractivity contribution in [2.75, 3.05) is 18.2 Å². The van der Waals surface area contributed by atoms with Crippen molar-refractivity contribution in [3.05, 3.63) is 11.1 Å². The van der Waals surface area contributed by atoms with Crippen molar-refractivity contribution in [2.24, 2.45) is 0 Å². The van der Waals surface area contributed by atoms with E-state index in [9.17, 15) is 0 Å². The second kappa shape index (κ2) is 4.92. The lowest BCUT2D eigenvalue weighted by atomic mass is 10.2. The normalized spacial score (nSPS) is 9.33. The van der Waals surface area contributed by atoms with Crippen LogP contribution in [-0.4, -0.2) is 17.5 Å². The van der Waals surface area contributed by atoms with Crippen molar-refractivity contribution >= 4 is 29.3 Å². The van der Waals surface area contributed by atoms with Crippen LogP contribution in [0.5, 0.6) is 0 Å². The first-order valence-electron chi connectivity index (χ1n) is 3.91. The molecule has 76 valence electrons. The summed E-state index contributed by atoms with van der Waals surface area (Å²) in [5.74, 6) is 0.185. The molecular weight excluding hydrogens is 228 g/mol. The Kier molecular flexibility index (Phi) is 3.84. The van der Waals surface area contributed by atoms with Crippen LogP contribution in [0.15, 0.2) is 9.92 Å². The van der Waals surface area contributed by atoms with Crippen molar-refractivity contribution in [1.82, 2.24) is 4.98 Å². The molecule has 0 aliphatic rings. The molecule has 0 spiro atoms. The molecule has 0 fully saturated rings. The summed E-state index contributed by atoms with van der Waals surface area (Å²) < 4.78 is 0. The minimum Gasteiger partial charge on any atom is -0.383 e. The van der Waals surface area contributed by atoms with Gasteiger partial charge in [0, 0.05) is 4.90 Å². The van der Waals surface area contributed by atoms with E-state index in [1.807, 2.05) is 12.3 Å². The summed E-state index contributed by atoms with van der Waals surface area (Å²) in [6.07, 6.45) is 3.62. The van der Waals surface area contributed by atoms with Gasteiger partial charge in [0.2, 0.25) is 0 Å². The third-order valence-electron chi connectivity index (χ3n) is 1.77. The molecule has 1 rings (SSSR count). The molecule has 0 aliphatic heterocycles. The minimum atomic E-state index is 0.185. The van der Waals surface area contributed by atoms with Crippen molar-refractivity contribution < 1.29 is 0 Å². The van der Waals surface area contributed by atoms with Crippen LogP contribution in [0.1, 0.15) is 11.1 Å². The SMILES string of the molecule is CSc1nc(N)c(C#N)c(SC)c1C#N.